The van der Waals surface area contributed by atoms with Gasteiger partial charge in [0.1, 0.15) is 0 Å². The van der Waals surface area contributed by atoms with E-state index in [0.29, 0.717) is 38.0 Å². The molecule has 1 N–H and O–H groups in total. The van der Waals surface area contributed by atoms with Crippen LogP contribution in [-0.4, -0.2) is 31.4 Å². The molecule has 1 aliphatic rings. The van der Waals surface area contributed by atoms with Gasteiger partial charge in [-0.2, -0.15) is 0 Å². The number of hydrogen-bond acceptors (Lipinski definition) is 3. The van der Waals surface area contributed by atoms with Gasteiger partial charge in [-0.3, -0.25) is 4.79 Å². The largest absolute Gasteiger partial charge is 0.494 e. The van der Waals surface area contributed by atoms with Crippen LogP contribution in [0, 0.1) is 11.2 Å². The van der Waals surface area contributed by atoms with Crippen molar-refractivity contribution in [2.45, 2.75) is 19.3 Å². The zero-order valence-electron chi connectivity index (χ0n) is 10.8. The molecule has 4 nitrogen and oxygen atoms in total. The van der Waals surface area contributed by atoms with Crippen LogP contribution in [0.15, 0.2) is 18.2 Å². The summed E-state index contributed by atoms with van der Waals surface area (Å²) in [6, 6.07) is 4.58. The van der Waals surface area contributed by atoms with Crippen LogP contribution in [0.1, 0.15) is 18.4 Å². The number of benzene rings is 1. The van der Waals surface area contributed by atoms with E-state index in [9.17, 15) is 14.3 Å². The SMILES string of the molecule is COc1ccc(CC2(C(=O)O)CCOCC2)cc1F. The quantitative estimate of drug-likeness (QED) is 0.910. The van der Waals surface area contributed by atoms with Crippen LogP contribution >= 0.6 is 0 Å². The molecule has 19 heavy (non-hydrogen) atoms. The summed E-state index contributed by atoms with van der Waals surface area (Å²) >= 11 is 0. The lowest BCUT2D eigenvalue weighted by atomic mass is 9.75. The van der Waals surface area contributed by atoms with Gasteiger partial charge in [0.2, 0.25) is 0 Å². The highest BCUT2D eigenvalue weighted by Crippen LogP contribution is 2.35. The molecule has 0 amide bonds. The normalized spacial score (nSPS) is 18.0. The molecule has 0 aromatic heterocycles. The first-order valence-electron chi connectivity index (χ1n) is 6.21. The third kappa shape index (κ3) is 2.87. The maximum atomic E-state index is 13.6. The predicted octanol–water partition coefficient (Wildman–Crippen LogP) is 2.26. The second-order valence-electron chi connectivity index (χ2n) is 4.84. The van der Waals surface area contributed by atoms with Gasteiger partial charge in [0, 0.05) is 13.2 Å². The topological polar surface area (TPSA) is 55.8 Å². The van der Waals surface area contributed by atoms with Gasteiger partial charge < -0.3 is 14.6 Å². The van der Waals surface area contributed by atoms with Crippen LogP contribution in [0.4, 0.5) is 4.39 Å². The van der Waals surface area contributed by atoms with Crippen molar-refractivity contribution < 1.29 is 23.8 Å². The number of carboxylic acid groups (broad SMARTS) is 1. The number of aliphatic carboxylic acids is 1. The Morgan fingerprint density at radius 2 is 2.16 bits per heavy atom. The van der Waals surface area contributed by atoms with Crippen molar-refractivity contribution in [3.05, 3.63) is 29.6 Å². The van der Waals surface area contributed by atoms with Crippen molar-refractivity contribution in [1.29, 1.82) is 0 Å². The van der Waals surface area contributed by atoms with Gasteiger partial charge in [-0.1, -0.05) is 6.07 Å². The molecule has 1 fully saturated rings. The van der Waals surface area contributed by atoms with Crippen LogP contribution in [0.5, 0.6) is 5.75 Å². The van der Waals surface area contributed by atoms with Crippen molar-refractivity contribution in [2.24, 2.45) is 5.41 Å². The molecule has 0 radical (unpaired) electrons. The summed E-state index contributed by atoms with van der Waals surface area (Å²) in [5.41, 5.74) is -0.179. The molecule has 0 aliphatic carbocycles. The molecule has 5 heteroatoms. The van der Waals surface area contributed by atoms with E-state index in [2.05, 4.69) is 0 Å². The highest BCUT2D eigenvalue weighted by molar-refractivity contribution is 5.75. The van der Waals surface area contributed by atoms with Crippen molar-refractivity contribution >= 4 is 5.97 Å². The molecule has 1 saturated heterocycles. The molecule has 0 unspecified atom stereocenters. The van der Waals surface area contributed by atoms with Gasteiger partial charge >= 0.3 is 5.97 Å². The summed E-state index contributed by atoms with van der Waals surface area (Å²) in [5, 5.41) is 9.45. The number of methoxy groups -OCH3 is 1. The van der Waals surface area contributed by atoms with Crippen LogP contribution < -0.4 is 4.74 Å². The van der Waals surface area contributed by atoms with Crippen LogP contribution in [0.25, 0.3) is 0 Å². The van der Waals surface area contributed by atoms with Gasteiger partial charge in [-0.25, -0.2) is 4.39 Å². The first kappa shape index (κ1) is 13.8. The number of ether oxygens (including phenoxy) is 2. The second kappa shape index (κ2) is 5.57. The summed E-state index contributed by atoms with van der Waals surface area (Å²) in [5.74, 6) is -1.14. The lowest BCUT2D eigenvalue weighted by Crippen LogP contribution is -2.39. The molecule has 0 saturated carbocycles. The van der Waals surface area contributed by atoms with Crippen molar-refractivity contribution in [3.8, 4) is 5.75 Å². The molecule has 2 rings (SSSR count). The number of hydrogen-bond donors (Lipinski definition) is 1. The lowest BCUT2D eigenvalue weighted by Gasteiger charge is -2.33. The molecule has 0 bridgehead atoms. The fourth-order valence-corrected chi connectivity index (χ4v) is 2.44. The number of rotatable bonds is 4. The van der Waals surface area contributed by atoms with Crippen molar-refractivity contribution in [1.82, 2.24) is 0 Å². The summed E-state index contributed by atoms with van der Waals surface area (Å²) in [6.45, 7) is 0.871. The molecule has 1 aromatic rings. The van der Waals surface area contributed by atoms with E-state index < -0.39 is 17.2 Å². The minimum absolute atomic E-state index is 0.167. The Balaban J connectivity index is 2.22. The van der Waals surface area contributed by atoms with E-state index in [-0.39, 0.29) is 5.75 Å². The Hall–Kier alpha value is -1.62. The first-order chi connectivity index (χ1) is 9.07. The van der Waals surface area contributed by atoms with Crippen LogP contribution in [0.2, 0.25) is 0 Å². The number of carbonyl (C=O) groups is 1. The average molecular weight is 268 g/mol. The van der Waals surface area contributed by atoms with E-state index >= 15 is 0 Å². The zero-order chi connectivity index (χ0) is 13.9. The second-order valence-corrected chi connectivity index (χ2v) is 4.84. The van der Waals surface area contributed by atoms with E-state index in [1.54, 1.807) is 6.07 Å². The van der Waals surface area contributed by atoms with E-state index in [1.807, 2.05) is 0 Å². The van der Waals surface area contributed by atoms with E-state index in [4.69, 9.17) is 9.47 Å². The summed E-state index contributed by atoms with van der Waals surface area (Å²) < 4.78 is 23.7. The first-order valence-corrected chi connectivity index (χ1v) is 6.21. The maximum Gasteiger partial charge on any atom is 0.310 e. The molecule has 0 spiro atoms. The molecule has 1 aromatic carbocycles. The van der Waals surface area contributed by atoms with Gasteiger partial charge in [-0.15, -0.1) is 0 Å². The summed E-state index contributed by atoms with van der Waals surface area (Å²) in [4.78, 5) is 11.5. The molecular formula is C14H17FO4. The molecular weight excluding hydrogens is 251 g/mol. The minimum atomic E-state index is -0.848. The predicted molar refractivity (Wildman–Crippen MR) is 66.8 cm³/mol. The Morgan fingerprint density at radius 1 is 1.47 bits per heavy atom. The highest BCUT2D eigenvalue weighted by atomic mass is 19.1. The van der Waals surface area contributed by atoms with Gasteiger partial charge in [0.05, 0.1) is 12.5 Å². The number of halogens is 1. The lowest BCUT2D eigenvalue weighted by molar-refractivity contribution is -0.154. The van der Waals surface area contributed by atoms with E-state index in [0.717, 1.165) is 0 Å². The minimum Gasteiger partial charge on any atom is -0.494 e. The third-order valence-corrected chi connectivity index (χ3v) is 3.66. The Kier molecular flexibility index (Phi) is 4.04. The summed E-state index contributed by atoms with van der Waals surface area (Å²) in [7, 11) is 1.40. The van der Waals surface area contributed by atoms with Crippen molar-refractivity contribution in [3.63, 3.8) is 0 Å². The van der Waals surface area contributed by atoms with Crippen LogP contribution in [-0.2, 0) is 16.0 Å². The number of carboxylic acids is 1. The highest BCUT2D eigenvalue weighted by Gasteiger charge is 2.40. The standard InChI is InChI=1S/C14H17FO4/c1-18-12-3-2-10(8-11(12)15)9-14(13(16)17)4-6-19-7-5-14/h2-3,8H,4-7,9H2,1H3,(H,16,17). The Labute approximate surface area is 111 Å². The van der Waals surface area contributed by atoms with Gasteiger partial charge in [-0.05, 0) is 37.0 Å². The molecule has 1 aliphatic heterocycles. The van der Waals surface area contributed by atoms with Gasteiger partial charge in [0.25, 0.3) is 0 Å². The van der Waals surface area contributed by atoms with Crippen LogP contribution in [0.3, 0.4) is 0 Å². The maximum absolute atomic E-state index is 13.6. The Bertz CT molecular complexity index is 467. The fraction of sp³-hybridized carbons (Fsp3) is 0.500. The van der Waals surface area contributed by atoms with Gasteiger partial charge in [0.15, 0.2) is 11.6 Å². The summed E-state index contributed by atoms with van der Waals surface area (Å²) in [6.07, 6.45) is 1.22. The van der Waals surface area contributed by atoms with E-state index in [1.165, 1.54) is 19.2 Å². The smallest absolute Gasteiger partial charge is 0.310 e. The third-order valence-electron chi connectivity index (χ3n) is 3.66. The molecule has 1 heterocycles. The fourth-order valence-electron chi connectivity index (χ4n) is 2.44. The average Bonchev–Trinajstić information content (AvgIpc) is 2.40. The zero-order valence-corrected chi connectivity index (χ0v) is 10.8. The molecule has 104 valence electrons. The molecule has 0 atom stereocenters. The Morgan fingerprint density at radius 3 is 2.68 bits per heavy atom. The monoisotopic (exact) mass is 268 g/mol. The van der Waals surface area contributed by atoms with Crippen molar-refractivity contribution in [2.75, 3.05) is 20.3 Å².